The first-order valence-electron chi connectivity index (χ1n) is 8.78. The smallest absolute Gasteiger partial charge is 0.208 e. The van der Waals surface area contributed by atoms with E-state index in [0.717, 1.165) is 48.0 Å². The Morgan fingerprint density at radius 3 is 2.65 bits per heavy atom. The van der Waals surface area contributed by atoms with E-state index in [-0.39, 0.29) is 5.82 Å². The van der Waals surface area contributed by atoms with Crippen molar-refractivity contribution < 1.29 is 4.39 Å². The van der Waals surface area contributed by atoms with Crippen molar-refractivity contribution in [2.24, 2.45) is 11.8 Å². The summed E-state index contributed by atoms with van der Waals surface area (Å²) in [4.78, 5) is 2.30. The second kappa shape index (κ2) is 6.14. The lowest BCUT2D eigenvalue weighted by Gasteiger charge is -2.14. The maximum absolute atomic E-state index is 14.8. The number of benzene rings is 1. The highest BCUT2D eigenvalue weighted by Crippen LogP contribution is 2.37. The van der Waals surface area contributed by atoms with Gasteiger partial charge in [0.15, 0.2) is 5.01 Å². The molecule has 2 aliphatic heterocycles. The highest BCUT2D eigenvalue weighted by atomic mass is 32.1. The van der Waals surface area contributed by atoms with E-state index in [2.05, 4.69) is 30.6 Å². The summed E-state index contributed by atoms with van der Waals surface area (Å²) >= 11 is 1.48. The van der Waals surface area contributed by atoms with Crippen LogP contribution in [0, 0.1) is 24.6 Å². The van der Waals surface area contributed by atoms with E-state index < -0.39 is 0 Å². The van der Waals surface area contributed by atoms with Gasteiger partial charge >= 0.3 is 0 Å². The molecular weight excluding hydrogens is 351 g/mol. The fourth-order valence-corrected chi connectivity index (χ4v) is 5.02. The van der Waals surface area contributed by atoms with Gasteiger partial charge in [-0.15, -0.1) is 10.2 Å². The summed E-state index contributed by atoms with van der Waals surface area (Å²) in [5, 5.41) is 20.3. The number of halogens is 1. The molecule has 2 aromatic heterocycles. The number of rotatable bonds is 3. The zero-order valence-electron chi connectivity index (χ0n) is 14.4. The van der Waals surface area contributed by atoms with Gasteiger partial charge in [-0.3, -0.25) is 5.10 Å². The number of H-pyrrole nitrogens is 1. The van der Waals surface area contributed by atoms with E-state index in [1.165, 1.54) is 11.3 Å². The Hall–Kier alpha value is -2.32. The molecule has 0 radical (unpaired) electrons. The molecule has 2 N–H and O–H groups in total. The van der Waals surface area contributed by atoms with E-state index in [4.69, 9.17) is 0 Å². The maximum atomic E-state index is 14.8. The van der Waals surface area contributed by atoms with Crippen LogP contribution in [0.2, 0.25) is 0 Å². The monoisotopic (exact) mass is 370 g/mol. The Kier molecular flexibility index (Phi) is 3.75. The van der Waals surface area contributed by atoms with Crippen LogP contribution in [0.25, 0.3) is 21.7 Å². The number of nitrogens with zero attached hydrogens (tertiary/aromatic N) is 4. The first-order valence-corrected chi connectivity index (χ1v) is 9.59. The second-order valence-corrected chi connectivity index (χ2v) is 8.07. The van der Waals surface area contributed by atoms with Crippen molar-refractivity contribution in [2.45, 2.75) is 6.92 Å². The SMILES string of the molecule is Cc1cc(-c2cn[nH]c2)cc(F)c1-c1nnc(N2CC3CNC[C@@H]3C2)s1. The number of fused-ring (bicyclic) bond motifs is 1. The van der Waals surface area contributed by atoms with Gasteiger partial charge in [-0.2, -0.15) is 5.10 Å². The molecule has 2 saturated heterocycles. The molecule has 2 aliphatic rings. The normalized spacial score (nSPS) is 22.2. The first kappa shape index (κ1) is 15.9. The van der Waals surface area contributed by atoms with Crippen molar-refractivity contribution >= 4 is 16.5 Å². The van der Waals surface area contributed by atoms with Gasteiger partial charge in [0.05, 0.1) is 11.8 Å². The molecule has 0 saturated carbocycles. The van der Waals surface area contributed by atoms with Crippen LogP contribution in [-0.2, 0) is 0 Å². The van der Waals surface area contributed by atoms with Gasteiger partial charge in [-0.1, -0.05) is 17.4 Å². The molecule has 1 unspecified atom stereocenters. The Morgan fingerprint density at radius 1 is 1.15 bits per heavy atom. The van der Waals surface area contributed by atoms with Crippen molar-refractivity contribution in [3.05, 3.63) is 35.9 Å². The molecular formula is C18H19FN6S. The summed E-state index contributed by atoms with van der Waals surface area (Å²) in [5.41, 5.74) is 3.07. The minimum atomic E-state index is -0.272. The van der Waals surface area contributed by atoms with Crippen molar-refractivity contribution in [1.29, 1.82) is 0 Å². The summed E-state index contributed by atoms with van der Waals surface area (Å²) in [6.07, 6.45) is 3.45. The first-order chi connectivity index (χ1) is 12.7. The Morgan fingerprint density at radius 2 is 1.96 bits per heavy atom. The van der Waals surface area contributed by atoms with Crippen molar-refractivity contribution in [3.8, 4) is 21.7 Å². The molecule has 1 aromatic carbocycles. The maximum Gasteiger partial charge on any atom is 0.208 e. The number of aromatic nitrogens is 4. The quantitative estimate of drug-likeness (QED) is 0.742. The summed E-state index contributed by atoms with van der Waals surface area (Å²) in [5.74, 6) is 1.11. The van der Waals surface area contributed by atoms with Gasteiger partial charge in [0, 0.05) is 37.9 Å². The third-order valence-electron chi connectivity index (χ3n) is 5.41. The molecule has 0 spiro atoms. The summed E-state index contributed by atoms with van der Waals surface area (Å²) < 4.78 is 14.8. The number of aromatic amines is 1. The third-order valence-corrected chi connectivity index (χ3v) is 6.41. The van der Waals surface area contributed by atoms with Gasteiger partial charge in [-0.05, 0) is 36.0 Å². The average molecular weight is 370 g/mol. The molecule has 6 nitrogen and oxygen atoms in total. The molecule has 2 fully saturated rings. The second-order valence-electron chi connectivity index (χ2n) is 7.11. The topological polar surface area (TPSA) is 69.7 Å². The van der Waals surface area contributed by atoms with Crippen LogP contribution in [-0.4, -0.2) is 46.6 Å². The predicted molar refractivity (Wildman–Crippen MR) is 99.7 cm³/mol. The van der Waals surface area contributed by atoms with Gasteiger partial charge < -0.3 is 10.2 Å². The molecule has 2 atom stereocenters. The fraction of sp³-hybridized carbons (Fsp3) is 0.389. The Bertz CT molecular complexity index is 902. The minimum absolute atomic E-state index is 0.272. The molecule has 0 bridgehead atoms. The summed E-state index contributed by atoms with van der Waals surface area (Å²) in [7, 11) is 0. The third kappa shape index (κ3) is 2.60. The number of hydrogen-bond acceptors (Lipinski definition) is 6. The van der Waals surface area contributed by atoms with Crippen LogP contribution in [0.3, 0.4) is 0 Å². The zero-order chi connectivity index (χ0) is 17.7. The van der Waals surface area contributed by atoms with E-state index in [1.807, 2.05) is 13.0 Å². The van der Waals surface area contributed by atoms with E-state index in [9.17, 15) is 4.39 Å². The fourth-order valence-electron chi connectivity index (χ4n) is 4.05. The molecule has 3 aromatic rings. The van der Waals surface area contributed by atoms with Gasteiger partial charge in [0.2, 0.25) is 5.13 Å². The lowest BCUT2D eigenvalue weighted by molar-refractivity contribution is 0.533. The van der Waals surface area contributed by atoms with Crippen molar-refractivity contribution in [3.63, 3.8) is 0 Å². The molecule has 26 heavy (non-hydrogen) atoms. The van der Waals surface area contributed by atoms with E-state index in [1.54, 1.807) is 18.5 Å². The Labute approximate surface area is 154 Å². The predicted octanol–water partition coefficient (Wildman–Crippen LogP) is 2.70. The van der Waals surface area contributed by atoms with Crippen LogP contribution in [0.15, 0.2) is 24.5 Å². The largest absolute Gasteiger partial charge is 0.346 e. The van der Waals surface area contributed by atoms with Gasteiger partial charge in [-0.25, -0.2) is 4.39 Å². The summed E-state index contributed by atoms with van der Waals surface area (Å²) in [6.45, 7) is 6.08. The molecule has 4 heterocycles. The summed E-state index contributed by atoms with van der Waals surface area (Å²) in [6, 6.07) is 3.51. The molecule has 5 rings (SSSR count). The molecule has 0 aliphatic carbocycles. The highest BCUT2D eigenvalue weighted by Gasteiger charge is 2.37. The standard InChI is InChI=1S/C18H19FN6S/c1-10-2-11(12-6-21-22-7-12)3-15(19)16(10)17-23-24-18(26-17)25-8-13-4-20-5-14(13)9-25/h2-3,6-7,13-14,20H,4-5,8-9H2,1H3,(H,21,22)/t13-,14?/m1/s1. The minimum Gasteiger partial charge on any atom is -0.346 e. The van der Waals surface area contributed by atoms with Crippen LogP contribution in [0.1, 0.15) is 5.56 Å². The van der Waals surface area contributed by atoms with Crippen LogP contribution in [0.4, 0.5) is 9.52 Å². The number of anilines is 1. The van der Waals surface area contributed by atoms with E-state index >= 15 is 0 Å². The number of nitrogens with one attached hydrogen (secondary N) is 2. The van der Waals surface area contributed by atoms with Crippen LogP contribution < -0.4 is 10.2 Å². The highest BCUT2D eigenvalue weighted by molar-refractivity contribution is 7.18. The Balaban J connectivity index is 1.45. The van der Waals surface area contributed by atoms with Crippen LogP contribution in [0.5, 0.6) is 0 Å². The molecule has 8 heteroatoms. The zero-order valence-corrected chi connectivity index (χ0v) is 15.2. The lowest BCUT2D eigenvalue weighted by atomic mass is 10.0. The number of aryl methyl sites for hydroxylation is 1. The molecule has 0 amide bonds. The lowest BCUT2D eigenvalue weighted by Crippen LogP contribution is -2.25. The van der Waals surface area contributed by atoms with Crippen LogP contribution >= 0.6 is 11.3 Å². The average Bonchev–Trinajstić information content (AvgIpc) is 3.37. The molecule has 134 valence electrons. The van der Waals surface area contributed by atoms with Gasteiger partial charge in [0.1, 0.15) is 5.82 Å². The van der Waals surface area contributed by atoms with Gasteiger partial charge in [0.25, 0.3) is 0 Å². The van der Waals surface area contributed by atoms with Crippen molar-refractivity contribution in [1.82, 2.24) is 25.7 Å². The van der Waals surface area contributed by atoms with E-state index in [0.29, 0.717) is 22.4 Å². The number of hydrogen-bond donors (Lipinski definition) is 2. The van der Waals surface area contributed by atoms with Crippen molar-refractivity contribution in [2.75, 3.05) is 31.1 Å².